The van der Waals surface area contributed by atoms with E-state index in [2.05, 4.69) is 64.1 Å². The van der Waals surface area contributed by atoms with Gasteiger partial charge in [-0.2, -0.15) is 0 Å². The average Bonchev–Trinajstić information content (AvgIpc) is 2.80. The van der Waals surface area contributed by atoms with Crippen molar-refractivity contribution in [2.75, 3.05) is 27.2 Å². The molecule has 0 aromatic heterocycles. The molecule has 0 radical (unpaired) electrons. The molecule has 0 saturated heterocycles. The molecule has 0 aliphatic carbocycles. The fourth-order valence-electron chi connectivity index (χ4n) is 3.22. The maximum atomic E-state index is 12.2. The van der Waals surface area contributed by atoms with Crippen molar-refractivity contribution in [1.82, 2.24) is 20.9 Å². The lowest BCUT2D eigenvalue weighted by Crippen LogP contribution is -2.39. The molecule has 6 nitrogen and oxygen atoms in total. The highest BCUT2D eigenvalue weighted by Gasteiger charge is 2.10. The molecule has 0 heterocycles. The number of guanidine groups is 1. The number of aliphatic imine (C=N–C) groups is 1. The van der Waals surface area contributed by atoms with Crippen LogP contribution in [0.4, 0.5) is 0 Å². The van der Waals surface area contributed by atoms with Gasteiger partial charge in [-0.05, 0) is 50.1 Å². The Kier molecular flexibility index (Phi) is 10.6. The van der Waals surface area contributed by atoms with Crippen LogP contribution in [-0.4, -0.2) is 50.0 Å². The smallest absolute Gasteiger partial charge is 0.251 e. The lowest BCUT2D eigenvalue weighted by atomic mass is 10.1. The third kappa shape index (κ3) is 8.80. The zero-order chi connectivity index (χ0) is 22.5. The Bertz CT molecular complexity index is 822. The summed E-state index contributed by atoms with van der Waals surface area (Å²) in [6.45, 7) is 7.36. The van der Waals surface area contributed by atoms with E-state index < -0.39 is 0 Å². The largest absolute Gasteiger partial charge is 0.356 e. The molecule has 168 valence electrons. The van der Waals surface area contributed by atoms with Crippen molar-refractivity contribution >= 4 is 11.9 Å². The van der Waals surface area contributed by atoms with Gasteiger partial charge in [-0.1, -0.05) is 49.4 Å². The van der Waals surface area contributed by atoms with Crippen molar-refractivity contribution < 1.29 is 4.79 Å². The molecule has 2 aromatic rings. The minimum atomic E-state index is -0.0279. The van der Waals surface area contributed by atoms with Gasteiger partial charge in [0.25, 0.3) is 5.91 Å². The summed E-state index contributed by atoms with van der Waals surface area (Å²) < 4.78 is 0. The summed E-state index contributed by atoms with van der Waals surface area (Å²) in [5, 5.41) is 9.63. The quantitative estimate of drug-likeness (QED) is 0.383. The van der Waals surface area contributed by atoms with Crippen LogP contribution in [0, 0.1) is 0 Å². The molecule has 0 spiro atoms. The molecular weight excluding hydrogens is 386 g/mol. The molecule has 0 saturated carbocycles. The molecule has 0 bridgehead atoms. The van der Waals surface area contributed by atoms with Gasteiger partial charge in [-0.15, -0.1) is 0 Å². The zero-order valence-electron chi connectivity index (χ0n) is 19.3. The van der Waals surface area contributed by atoms with Crippen molar-refractivity contribution in [3.63, 3.8) is 0 Å². The summed E-state index contributed by atoms with van der Waals surface area (Å²) in [6.07, 6.45) is 1.94. The molecule has 2 rings (SSSR count). The van der Waals surface area contributed by atoms with Gasteiger partial charge in [0.15, 0.2) is 5.96 Å². The second kappa shape index (κ2) is 13.4. The molecule has 6 heteroatoms. The van der Waals surface area contributed by atoms with Crippen molar-refractivity contribution in [2.45, 2.75) is 45.8 Å². The molecule has 0 fully saturated rings. The maximum absolute atomic E-state index is 12.2. The summed E-state index contributed by atoms with van der Waals surface area (Å²) in [5.74, 6) is 0.735. The van der Waals surface area contributed by atoms with E-state index >= 15 is 0 Å². The molecule has 1 amide bonds. The van der Waals surface area contributed by atoms with Crippen molar-refractivity contribution in [3.8, 4) is 0 Å². The van der Waals surface area contributed by atoms with Crippen molar-refractivity contribution in [3.05, 3.63) is 71.3 Å². The fourth-order valence-corrected chi connectivity index (χ4v) is 3.22. The van der Waals surface area contributed by atoms with Gasteiger partial charge >= 0.3 is 0 Å². The van der Waals surface area contributed by atoms with E-state index in [1.165, 1.54) is 5.56 Å². The Labute approximate surface area is 187 Å². The number of benzene rings is 2. The molecular formula is C25H37N5O. The topological polar surface area (TPSA) is 68.8 Å². The Morgan fingerprint density at radius 3 is 2.45 bits per heavy atom. The molecule has 1 unspecified atom stereocenters. The van der Waals surface area contributed by atoms with E-state index in [0.717, 1.165) is 37.5 Å². The van der Waals surface area contributed by atoms with Gasteiger partial charge < -0.3 is 16.0 Å². The van der Waals surface area contributed by atoms with Crippen LogP contribution in [0.2, 0.25) is 0 Å². The lowest BCUT2D eigenvalue weighted by molar-refractivity contribution is 0.0953. The number of hydrogen-bond acceptors (Lipinski definition) is 3. The highest BCUT2D eigenvalue weighted by atomic mass is 16.1. The summed E-state index contributed by atoms with van der Waals surface area (Å²) in [7, 11) is 3.93. The van der Waals surface area contributed by atoms with E-state index in [1.54, 1.807) is 7.05 Å². The Balaban J connectivity index is 1.75. The number of rotatable bonds is 11. The standard InChI is InChI=1S/C25H37N5O/c1-5-15-27-24(31)23-13-9-12-22(17-23)18-29-25(26-3)28-16-14-20(2)30(4)19-21-10-7-6-8-11-21/h6-13,17,20H,5,14-16,18-19H2,1-4H3,(H,27,31)(H2,26,28,29). The minimum absolute atomic E-state index is 0.0279. The van der Waals surface area contributed by atoms with Crippen LogP contribution in [0.25, 0.3) is 0 Å². The van der Waals surface area contributed by atoms with Crippen LogP contribution in [0.3, 0.4) is 0 Å². The first-order chi connectivity index (χ1) is 15.0. The fraction of sp³-hybridized carbons (Fsp3) is 0.440. The molecule has 0 aliphatic heterocycles. The van der Waals surface area contributed by atoms with Gasteiger partial charge in [0.2, 0.25) is 0 Å². The van der Waals surface area contributed by atoms with Gasteiger partial charge in [0.1, 0.15) is 0 Å². The van der Waals surface area contributed by atoms with E-state index in [0.29, 0.717) is 24.7 Å². The first-order valence-corrected chi connectivity index (χ1v) is 11.1. The average molecular weight is 424 g/mol. The number of carbonyl (C=O) groups excluding carboxylic acids is 1. The van der Waals surface area contributed by atoms with Crippen LogP contribution >= 0.6 is 0 Å². The van der Waals surface area contributed by atoms with Crippen LogP contribution in [-0.2, 0) is 13.1 Å². The summed E-state index contributed by atoms with van der Waals surface area (Å²) in [5.41, 5.74) is 3.06. The van der Waals surface area contributed by atoms with Gasteiger partial charge in [-0.3, -0.25) is 14.7 Å². The Morgan fingerprint density at radius 2 is 1.74 bits per heavy atom. The number of hydrogen-bond donors (Lipinski definition) is 3. The predicted octanol–water partition coefficient (Wildman–Crippen LogP) is 3.40. The highest BCUT2D eigenvalue weighted by molar-refractivity contribution is 5.94. The van der Waals surface area contributed by atoms with E-state index in [-0.39, 0.29) is 5.91 Å². The van der Waals surface area contributed by atoms with E-state index in [4.69, 9.17) is 0 Å². The Hall–Kier alpha value is -2.86. The van der Waals surface area contributed by atoms with Crippen molar-refractivity contribution in [2.24, 2.45) is 4.99 Å². The van der Waals surface area contributed by atoms with Crippen LogP contribution in [0.5, 0.6) is 0 Å². The summed E-state index contributed by atoms with van der Waals surface area (Å²) in [4.78, 5) is 18.8. The van der Waals surface area contributed by atoms with Crippen LogP contribution < -0.4 is 16.0 Å². The molecule has 3 N–H and O–H groups in total. The second-order valence-electron chi connectivity index (χ2n) is 7.85. The zero-order valence-corrected chi connectivity index (χ0v) is 19.3. The maximum Gasteiger partial charge on any atom is 0.251 e. The summed E-state index contributed by atoms with van der Waals surface area (Å²) >= 11 is 0. The van der Waals surface area contributed by atoms with Gasteiger partial charge in [-0.25, -0.2) is 0 Å². The molecule has 31 heavy (non-hydrogen) atoms. The third-order valence-electron chi connectivity index (χ3n) is 5.29. The first kappa shape index (κ1) is 24.4. The second-order valence-corrected chi connectivity index (χ2v) is 7.85. The van der Waals surface area contributed by atoms with Crippen LogP contribution in [0.15, 0.2) is 59.6 Å². The third-order valence-corrected chi connectivity index (χ3v) is 5.29. The molecule has 0 aliphatic rings. The van der Waals surface area contributed by atoms with E-state index in [1.807, 2.05) is 37.3 Å². The molecule has 2 aromatic carbocycles. The number of nitrogens with zero attached hydrogens (tertiary/aromatic N) is 2. The monoisotopic (exact) mass is 423 g/mol. The summed E-state index contributed by atoms with van der Waals surface area (Å²) in [6, 6.07) is 18.7. The number of nitrogens with one attached hydrogen (secondary N) is 3. The SMILES string of the molecule is CCCNC(=O)c1cccc(CNC(=NC)NCCC(C)N(C)Cc2ccccc2)c1. The van der Waals surface area contributed by atoms with Crippen LogP contribution in [0.1, 0.15) is 48.2 Å². The minimum Gasteiger partial charge on any atom is -0.356 e. The molecule has 1 atom stereocenters. The van der Waals surface area contributed by atoms with E-state index in [9.17, 15) is 4.79 Å². The first-order valence-electron chi connectivity index (χ1n) is 11.1. The highest BCUT2D eigenvalue weighted by Crippen LogP contribution is 2.08. The normalized spacial score (nSPS) is 12.5. The van der Waals surface area contributed by atoms with Gasteiger partial charge in [0, 0.05) is 44.8 Å². The number of carbonyl (C=O) groups is 1. The van der Waals surface area contributed by atoms with Crippen molar-refractivity contribution in [1.29, 1.82) is 0 Å². The number of amides is 1. The van der Waals surface area contributed by atoms with Gasteiger partial charge in [0.05, 0.1) is 0 Å². The predicted molar refractivity (Wildman–Crippen MR) is 129 cm³/mol. The lowest BCUT2D eigenvalue weighted by Gasteiger charge is -2.25. The Morgan fingerprint density at radius 1 is 1.00 bits per heavy atom.